The number of hydrogen-bond acceptors (Lipinski definition) is 5. The van der Waals surface area contributed by atoms with Crippen LogP contribution in [0.5, 0.6) is 17.2 Å². The van der Waals surface area contributed by atoms with Crippen LogP contribution in [0.2, 0.25) is 0 Å². The molecule has 1 aliphatic rings. The van der Waals surface area contributed by atoms with E-state index in [1.807, 2.05) is 18.2 Å². The van der Waals surface area contributed by atoms with Gasteiger partial charge in [-0.2, -0.15) is 0 Å². The lowest BCUT2D eigenvalue weighted by Crippen LogP contribution is -2.35. The third kappa shape index (κ3) is 5.14. The van der Waals surface area contributed by atoms with Crippen LogP contribution in [0.4, 0.5) is 5.69 Å². The van der Waals surface area contributed by atoms with Gasteiger partial charge in [-0.1, -0.05) is 18.2 Å². The Balaban J connectivity index is 1.44. The summed E-state index contributed by atoms with van der Waals surface area (Å²) in [5, 5.41) is 5.22. The first-order valence-electron chi connectivity index (χ1n) is 8.35. The second kappa shape index (κ2) is 8.75. The van der Waals surface area contributed by atoms with Crippen LogP contribution in [0.15, 0.2) is 48.5 Å². The van der Waals surface area contributed by atoms with Gasteiger partial charge in [0.05, 0.1) is 19.8 Å². The Labute approximate surface area is 151 Å². The van der Waals surface area contributed by atoms with E-state index >= 15 is 0 Å². The molecule has 0 saturated carbocycles. The average molecular weight is 356 g/mol. The fourth-order valence-electron chi connectivity index (χ4n) is 2.34. The molecule has 2 N–H and O–H groups in total. The summed E-state index contributed by atoms with van der Waals surface area (Å²) in [5.74, 6) is 1.14. The number of hydrogen-bond donors (Lipinski definition) is 2. The lowest BCUT2D eigenvalue weighted by Gasteiger charge is -2.11. The van der Waals surface area contributed by atoms with Gasteiger partial charge in [0, 0.05) is 18.2 Å². The fourth-order valence-corrected chi connectivity index (χ4v) is 2.34. The normalized spacial score (nSPS) is 12.6. The number of carbonyl (C=O) groups excluding carboxylic acids is 2. The zero-order valence-corrected chi connectivity index (χ0v) is 14.2. The van der Waals surface area contributed by atoms with Crippen molar-refractivity contribution in [3.8, 4) is 17.2 Å². The van der Waals surface area contributed by atoms with E-state index in [0.29, 0.717) is 36.1 Å². The molecule has 0 fully saturated rings. The molecule has 0 spiro atoms. The summed E-state index contributed by atoms with van der Waals surface area (Å²) in [6.45, 7) is 0.879. The van der Waals surface area contributed by atoms with Crippen molar-refractivity contribution in [1.29, 1.82) is 0 Å². The van der Waals surface area contributed by atoms with Crippen LogP contribution in [0.3, 0.4) is 0 Å². The minimum atomic E-state index is -0.373. The molecule has 1 heterocycles. The maximum absolute atomic E-state index is 12.0. The van der Waals surface area contributed by atoms with Gasteiger partial charge < -0.3 is 24.8 Å². The smallest absolute Gasteiger partial charge is 0.258 e. The average Bonchev–Trinajstić information content (AvgIpc) is 2.90. The first-order valence-corrected chi connectivity index (χ1v) is 8.35. The van der Waals surface area contributed by atoms with E-state index in [0.717, 1.165) is 6.42 Å². The van der Waals surface area contributed by atoms with Gasteiger partial charge in [0.15, 0.2) is 18.1 Å². The molecular formula is C19H20N2O5. The minimum absolute atomic E-state index is 0.147. The van der Waals surface area contributed by atoms with Crippen LogP contribution >= 0.6 is 0 Å². The SMILES string of the molecule is O=C(COc1ccccc1)NCC(=O)Nc1ccc2c(c1)OCCCO2. The van der Waals surface area contributed by atoms with Gasteiger partial charge in [-0.15, -0.1) is 0 Å². The highest BCUT2D eigenvalue weighted by Gasteiger charge is 2.12. The second-order valence-electron chi connectivity index (χ2n) is 5.64. The van der Waals surface area contributed by atoms with Gasteiger partial charge >= 0.3 is 0 Å². The van der Waals surface area contributed by atoms with Crippen molar-refractivity contribution in [2.75, 3.05) is 31.7 Å². The molecule has 3 rings (SSSR count). The third-order valence-electron chi connectivity index (χ3n) is 3.59. The number of para-hydroxylation sites is 1. The fraction of sp³-hybridized carbons (Fsp3) is 0.263. The van der Waals surface area contributed by atoms with Crippen molar-refractivity contribution in [3.05, 3.63) is 48.5 Å². The lowest BCUT2D eigenvalue weighted by atomic mass is 10.2. The number of fused-ring (bicyclic) bond motifs is 1. The van der Waals surface area contributed by atoms with Gasteiger partial charge in [0.2, 0.25) is 5.91 Å². The predicted molar refractivity (Wildman–Crippen MR) is 95.6 cm³/mol. The molecule has 0 atom stereocenters. The molecule has 2 aromatic carbocycles. The van der Waals surface area contributed by atoms with Crippen LogP contribution in [-0.2, 0) is 9.59 Å². The summed E-state index contributed by atoms with van der Waals surface area (Å²) in [4.78, 5) is 23.7. The molecule has 136 valence electrons. The highest BCUT2D eigenvalue weighted by molar-refractivity contribution is 5.94. The third-order valence-corrected chi connectivity index (χ3v) is 3.59. The summed E-state index contributed by atoms with van der Waals surface area (Å²) in [6, 6.07) is 14.2. The molecule has 0 saturated heterocycles. The summed E-state index contributed by atoms with van der Waals surface area (Å²) in [7, 11) is 0. The molecule has 2 amide bonds. The topological polar surface area (TPSA) is 85.9 Å². The van der Waals surface area contributed by atoms with Crippen LogP contribution in [0.1, 0.15) is 6.42 Å². The maximum atomic E-state index is 12.0. The molecule has 0 unspecified atom stereocenters. The Morgan fingerprint density at radius 1 is 0.962 bits per heavy atom. The molecule has 26 heavy (non-hydrogen) atoms. The zero-order valence-electron chi connectivity index (χ0n) is 14.2. The van der Waals surface area contributed by atoms with Crippen LogP contribution in [-0.4, -0.2) is 38.2 Å². The largest absolute Gasteiger partial charge is 0.490 e. The van der Waals surface area contributed by atoms with E-state index in [1.54, 1.807) is 30.3 Å². The summed E-state index contributed by atoms with van der Waals surface area (Å²) >= 11 is 0. The van der Waals surface area contributed by atoms with Crippen molar-refractivity contribution >= 4 is 17.5 Å². The van der Waals surface area contributed by atoms with Gasteiger partial charge in [-0.25, -0.2) is 0 Å². The van der Waals surface area contributed by atoms with Gasteiger partial charge in [0.1, 0.15) is 5.75 Å². The van der Waals surface area contributed by atoms with Crippen molar-refractivity contribution < 1.29 is 23.8 Å². The molecule has 7 nitrogen and oxygen atoms in total. The molecule has 0 aliphatic carbocycles. The standard InChI is InChI=1S/C19H20N2O5/c22-18(12-20-19(23)13-26-15-5-2-1-3-6-15)21-14-7-8-16-17(11-14)25-10-4-9-24-16/h1-3,5-8,11H,4,9-10,12-13H2,(H,20,23)(H,21,22). The maximum Gasteiger partial charge on any atom is 0.258 e. The Morgan fingerprint density at radius 2 is 1.73 bits per heavy atom. The quantitative estimate of drug-likeness (QED) is 0.827. The molecule has 2 aromatic rings. The van der Waals surface area contributed by atoms with Crippen LogP contribution < -0.4 is 24.8 Å². The van der Waals surface area contributed by atoms with Crippen molar-refractivity contribution in [2.24, 2.45) is 0 Å². The molecular weight excluding hydrogens is 336 g/mol. The van der Waals surface area contributed by atoms with Gasteiger partial charge in [-0.3, -0.25) is 9.59 Å². The van der Waals surface area contributed by atoms with E-state index in [1.165, 1.54) is 0 Å². The van der Waals surface area contributed by atoms with Crippen molar-refractivity contribution in [2.45, 2.75) is 6.42 Å². The van der Waals surface area contributed by atoms with Gasteiger partial charge in [0.25, 0.3) is 5.91 Å². The zero-order chi connectivity index (χ0) is 18.2. The van der Waals surface area contributed by atoms with E-state index in [2.05, 4.69) is 10.6 Å². The first-order chi connectivity index (χ1) is 12.7. The Morgan fingerprint density at radius 3 is 2.54 bits per heavy atom. The molecule has 0 radical (unpaired) electrons. The Bertz CT molecular complexity index is 764. The predicted octanol–water partition coefficient (Wildman–Crippen LogP) is 1.98. The number of nitrogens with one attached hydrogen (secondary N) is 2. The van der Waals surface area contributed by atoms with Gasteiger partial charge in [-0.05, 0) is 24.3 Å². The molecule has 0 bridgehead atoms. The van der Waals surface area contributed by atoms with E-state index in [-0.39, 0.29) is 25.0 Å². The number of ether oxygens (including phenoxy) is 3. The lowest BCUT2D eigenvalue weighted by molar-refractivity contribution is -0.125. The number of amides is 2. The van der Waals surface area contributed by atoms with E-state index in [4.69, 9.17) is 14.2 Å². The van der Waals surface area contributed by atoms with Crippen LogP contribution in [0, 0.1) is 0 Å². The highest BCUT2D eigenvalue weighted by atomic mass is 16.5. The highest BCUT2D eigenvalue weighted by Crippen LogP contribution is 2.32. The van der Waals surface area contributed by atoms with E-state index in [9.17, 15) is 9.59 Å². The molecule has 0 aromatic heterocycles. The number of rotatable bonds is 6. The molecule has 7 heteroatoms. The summed E-state index contributed by atoms with van der Waals surface area (Å²) in [6.07, 6.45) is 0.813. The monoisotopic (exact) mass is 356 g/mol. The van der Waals surface area contributed by atoms with Crippen molar-refractivity contribution in [1.82, 2.24) is 5.32 Å². The molecule has 1 aliphatic heterocycles. The van der Waals surface area contributed by atoms with Crippen LogP contribution in [0.25, 0.3) is 0 Å². The Kier molecular flexibility index (Phi) is 5.92. The number of anilines is 1. The number of carbonyl (C=O) groups is 2. The summed E-state index contributed by atoms with van der Waals surface area (Å²) in [5.41, 5.74) is 0.578. The first kappa shape index (κ1) is 17.6. The number of benzene rings is 2. The van der Waals surface area contributed by atoms with E-state index < -0.39 is 0 Å². The van der Waals surface area contributed by atoms with Crippen molar-refractivity contribution in [3.63, 3.8) is 0 Å². The summed E-state index contributed by atoms with van der Waals surface area (Å²) < 4.78 is 16.4. The minimum Gasteiger partial charge on any atom is -0.490 e. The Hall–Kier alpha value is -3.22. The second-order valence-corrected chi connectivity index (χ2v) is 5.64.